The lowest BCUT2D eigenvalue weighted by Crippen LogP contribution is -2.26. The quantitative estimate of drug-likeness (QED) is 0.739. The second-order valence-corrected chi connectivity index (χ2v) is 7.24. The molecule has 0 aliphatic carbocycles. The van der Waals surface area contributed by atoms with Crippen LogP contribution in [0.15, 0.2) is 22.7 Å². The van der Waals surface area contributed by atoms with Crippen molar-refractivity contribution in [2.24, 2.45) is 0 Å². The van der Waals surface area contributed by atoms with Gasteiger partial charge in [0.25, 0.3) is 0 Å². The number of nitrogens with zero attached hydrogens (tertiary/aromatic N) is 1. The third-order valence-electron chi connectivity index (χ3n) is 3.22. The van der Waals surface area contributed by atoms with Crippen LogP contribution in [0.1, 0.15) is 27.2 Å². The van der Waals surface area contributed by atoms with E-state index in [9.17, 15) is 0 Å². The van der Waals surface area contributed by atoms with Crippen molar-refractivity contribution >= 4 is 38.9 Å². The molecule has 0 aliphatic rings. The molecule has 2 aromatic rings. The molecule has 3 nitrogen and oxygen atoms in total. The molecule has 1 atom stereocenters. The van der Waals surface area contributed by atoms with Crippen LogP contribution in [0.2, 0.25) is 5.02 Å². The Morgan fingerprint density at radius 2 is 2.19 bits per heavy atom. The van der Waals surface area contributed by atoms with Gasteiger partial charge in [-0.3, -0.25) is 0 Å². The molecule has 2 rings (SSSR count). The minimum Gasteiger partial charge on any atom is -0.383 e. The van der Waals surface area contributed by atoms with Gasteiger partial charge in [0.1, 0.15) is 5.01 Å². The number of aromatic nitrogens is 1. The average molecular weight is 390 g/mol. The number of thiazole rings is 1. The average Bonchev–Trinajstić information content (AvgIpc) is 2.78. The number of rotatable bonds is 6. The minimum absolute atomic E-state index is 0.0473. The first-order chi connectivity index (χ1) is 10.0. The molecule has 1 unspecified atom stereocenters. The molecule has 0 aliphatic heterocycles. The van der Waals surface area contributed by atoms with Gasteiger partial charge in [0, 0.05) is 23.0 Å². The number of hydrogen-bond acceptors (Lipinski definition) is 4. The largest absolute Gasteiger partial charge is 0.383 e. The van der Waals surface area contributed by atoms with Gasteiger partial charge < -0.3 is 10.1 Å². The predicted molar refractivity (Wildman–Crippen MR) is 92.5 cm³/mol. The molecule has 114 valence electrons. The Labute approximate surface area is 142 Å². The molecule has 0 saturated heterocycles. The fraction of sp³-hybridized carbons (Fsp3) is 0.400. The molecule has 0 fully saturated rings. The Hall–Kier alpha value is -0.460. The van der Waals surface area contributed by atoms with E-state index in [4.69, 9.17) is 16.3 Å². The van der Waals surface area contributed by atoms with Gasteiger partial charge in [-0.1, -0.05) is 17.7 Å². The van der Waals surface area contributed by atoms with Crippen LogP contribution in [-0.2, 0) is 4.74 Å². The molecule has 1 N–H and O–H groups in total. The minimum atomic E-state index is 0.0473. The second kappa shape index (κ2) is 7.70. The molecule has 1 heterocycles. The van der Waals surface area contributed by atoms with E-state index in [0.717, 1.165) is 27.3 Å². The third kappa shape index (κ3) is 4.27. The molecular formula is C15H18BrClN2OS. The van der Waals surface area contributed by atoms with Crippen LogP contribution in [0, 0.1) is 13.8 Å². The van der Waals surface area contributed by atoms with Crippen molar-refractivity contribution in [1.29, 1.82) is 0 Å². The van der Waals surface area contributed by atoms with E-state index >= 15 is 0 Å². The highest BCUT2D eigenvalue weighted by atomic mass is 79.9. The number of hydrogen-bond donors (Lipinski definition) is 1. The monoisotopic (exact) mass is 388 g/mol. The summed E-state index contributed by atoms with van der Waals surface area (Å²) in [7, 11) is 1.70. The first-order valence-corrected chi connectivity index (χ1v) is 8.63. The van der Waals surface area contributed by atoms with E-state index in [1.165, 1.54) is 4.88 Å². The van der Waals surface area contributed by atoms with Crippen molar-refractivity contribution in [1.82, 2.24) is 10.3 Å². The predicted octanol–water partition coefficient (Wildman–Crippen LogP) is 4.50. The van der Waals surface area contributed by atoms with Crippen LogP contribution in [-0.4, -0.2) is 25.2 Å². The maximum atomic E-state index is 6.09. The van der Waals surface area contributed by atoms with Crippen molar-refractivity contribution in [2.45, 2.75) is 19.9 Å². The summed E-state index contributed by atoms with van der Waals surface area (Å²) in [6.45, 7) is 5.56. The Morgan fingerprint density at radius 3 is 2.76 bits per heavy atom. The van der Waals surface area contributed by atoms with Crippen LogP contribution in [0.25, 0.3) is 0 Å². The summed E-state index contributed by atoms with van der Waals surface area (Å²) in [6, 6.07) is 6.02. The van der Waals surface area contributed by atoms with Crippen molar-refractivity contribution < 1.29 is 4.74 Å². The molecule has 21 heavy (non-hydrogen) atoms. The van der Waals surface area contributed by atoms with Crippen LogP contribution < -0.4 is 5.32 Å². The van der Waals surface area contributed by atoms with E-state index in [0.29, 0.717) is 11.6 Å². The van der Waals surface area contributed by atoms with Gasteiger partial charge in [0.05, 0.1) is 23.4 Å². The standard InChI is InChI=1S/C15H18BrClN2OS/c1-9-10(2)21-15(19-9)14(18-6-7-20-3)11-4-5-13(17)12(16)8-11/h4-5,8,14,18H,6-7H2,1-3H3. The summed E-state index contributed by atoms with van der Waals surface area (Å²) >= 11 is 11.3. The fourth-order valence-corrected chi connectivity index (χ4v) is 3.51. The lowest BCUT2D eigenvalue weighted by molar-refractivity contribution is 0.197. The summed E-state index contributed by atoms with van der Waals surface area (Å²) in [5, 5.41) is 5.27. The number of ether oxygens (including phenoxy) is 1. The van der Waals surface area contributed by atoms with Gasteiger partial charge in [0.2, 0.25) is 0 Å². The molecule has 0 spiro atoms. The van der Waals surface area contributed by atoms with Crippen LogP contribution in [0.3, 0.4) is 0 Å². The Bertz CT molecular complexity index is 598. The van der Waals surface area contributed by atoms with Crippen LogP contribution >= 0.6 is 38.9 Å². The normalized spacial score (nSPS) is 12.6. The molecule has 0 bridgehead atoms. The van der Waals surface area contributed by atoms with Gasteiger partial charge in [-0.15, -0.1) is 11.3 Å². The topological polar surface area (TPSA) is 34.1 Å². The lowest BCUT2D eigenvalue weighted by atomic mass is 10.1. The van der Waals surface area contributed by atoms with Gasteiger partial charge in [0.15, 0.2) is 0 Å². The molecule has 0 radical (unpaired) electrons. The first-order valence-electron chi connectivity index (χ1n) is 6.64. The summed E-state index contributed by atoms with van der Waals surface area (Å²) in [6.07, 6.45) is 0. The number of benzene rings is 1. The Morgan fingerprint density at radius 1 is 1.43 bits per heavy atom. The summed E-state index contributed by atoms with van der Waals surface area (Å²) in [4.78, 5) is 5.93. The van der Waals surface area contributed by atoms with Crippen molar-refractivity contribution in [2.75, 3.05) is 20.3 Å². The maximum absolute atomic E-state index is 6.09. The first kappa shape index (κ1) is 16.9. The number of nitrogens with one attached hydrogen (secondary N) is 1. The van der Waals surface area contributed by atoms with Gasteiger partial charge in [-0.25, -0.2) is 4.98 Å². The van der Waals surface area contributed by atoms with E-state index in [-0.39, 0.29) is 6.04 Å². The zero-order chi connectivity index (χ0) is 15.4. The zero-order valence-corrected chi connectivity index (χ0v) is 15.4. The van der Waals surface area contributed by atoms with E-state index in [1.54, 1.807) is 18.4 Å². The fourth-order valence-electron chi connectivity index (χ4n) is 1.97. The highest BCUT2D eigenvalue weighted by Crippen LogP contribution is 2.31. The number of methoxy groups -OCH3 is 1. The van der Waals surface area contributed by atoms with Gasteiger partial charge >= 0.3 is 0 Å². The lowest BCUT2D eigenvalue weighted by Gasteiger charge is -2.17. The van der Waals surface area contributed by atoms with Gasteiger partial charge in [-0.05, 0) is 47.5 Å². The Balaban J connectivity index is 2.32. The van der Waals surface area contributed by atoms with E-state index in [2.05, 4.69) is 33.2 Å². The van der Waals surface area contributed by atoms with Crippen molar-refractivity contribution in [3.05, 3.63) is 48.8 Å². The smallest absolute Gasteiger partial charge is 0.115 e. The molecule has 0 amide bonds. The molecule has 0 saturated carbocycles. The molecule has 1 aromatic carbocycles. The Kier molecular flexibility index (Phi) is 6.20. The number of halogens is 2. The maximum Gasteiger partial charge on any atom is 0.115 e. The van der Waals surface area contributed by atoms with Crippen molar-refractivity contribution in [3.8, 4) is 0 Å². The van der Waals surface area contributed by atoms with E-state index < -0.39 is 0 Å². The highest BCUT2D eigenvalue weighted by Gasteiger charge is 2.19. The molecule has 6 heteroatoms. The van der Waals surface area contributed by atoms with Crippen molar-refractivity contribution in [3.63, 3.8) is 0 Å². The second-order valence-electron chi connectivity index (χ2n) is 4.75. The number of aryl methyl sites for hydroxylation is 2. The highest BCUT2D eigenvalue weighted by molar-refractivity contribution is 9.10. The molecule has 1 aromatic heterocycles. The summed E-state index contributed by atoms with van der Waals surface area (Å²) in [5.41, 5.74) is 2.22. The SMILES string of the molecule is COCCNC(c1ccc(Cl)c(Br)c1)c1nc(C)c(C)s1. The van der Waals surface area contributed by atoms with Crippen LogP contribution in [0.4, 0.5) is 0 Å². The zero-order valence-electron chi connectivity index (χ0n) is 12.2. The summed E-state index contributed by atoms with van der Waals surface area (Å²) < 4.78 is 6.02. The van der Waals surface area contributed by atoms with E-state index in [1.807, 2.05) is 25.1 Å². The van der Waals surface area contributed by atoms with Gasteiger partial charge in [-0.2, -0.15) is 0 Å². The molecular weight excluding hydrogens is 372 g/mol. The van der Waals surface area contributed by atoms with Crippen LogP contribution in [0.5, 0.6) is 0 Å². The summed E-state index contributed by atoms with van der Waals surface area (Å²) in [5.74, 6) is 0. The third-order valence-corrected chi connectivity index (χ3v) is 5.58.